The van der Waals surface area contributed by atoms with Crippen LogP contribution in [0.5, 0.6) is 0 Å². The number of halogens is 3. The first kappa shape index (κ1) is 18.2. The SMILES string of the molecule is Cc1ccc(-n2[nH]c(C(=O)N3CCOC(CC(F)(F)F)C3)cc2=O)cc1. The number of hydrogen-bond acceptors (Lipinski definition) is 3. The summed E-state index contributed by atoms with van der Waals surface area (Å²) in [7, 11) is 0. The summed E-state index contributed by atoms with van der Waals surface area (Å²) in [5, 5.41) is 2.73. The molecule has 0 bridgehead atoms. The van der Waals surface area contributed by atoms with Gasteiger partial charge in [-0.25, -0.2) is 4.68 Å². The number of alkyl halides is 3. The minimum absolute atomic E-state index is 0.0232. The fourth-order valence-corrected chi connectivity index (χ4v) is 2.85. The lowest BCUT2D eigenvalue weighted by atomic mass is 10.2. The van der Waals surface area contributed by atoms with Gasteiger partial charge in [0.15, 0.2) is 0 Å². The van der Waals surface area contributed by atoms with Crippen LogP contribution in [0, 0.1) is 6.92 Å². The van der Waals surface area contributed by atoms with E-state index in [0.717, 1.165) is 11.6 Å². The molecule has 140 valence electrons. The van der Waals surface area contributed by atoms with Crippen molar-refractivity contribution in [1.82, 2.24) is 14.7 Å². The molecule has 1 amide bonds. The van der Waals surface area contributed by atoms with Crippen LogP contribution in [-0.4, -0.2) is 52.6 Å². The predicted octanol–water partition coefficient (Wildman–Crippen LogP) is 2.27. The maximum absolute atomic E-state index is 12.6. The highest BCUT2D eigenvalue weighted by molar-refractivity contribution is 5.92. The predicted molar refractivity (Wildman–Crippen MR) is 87.4 cm³/mol. The number of amides is 1. The van der Waals surface area contributed by atoms with Crippen LogP contribution in [0.2, 0.25) is 0 Å². The van der Waals surface area contributed by atoms with Crippen molar-refractivity contribution in [2.45, 2.75) is 25.6 Å². The van der Waals surface area contributed by atoms with Crippen molar-refractivity contribution in [3.63, 3.8) is 0 Å². The van der Waals surface area contributed by atoms with Gasteiger partial charge in [-0.05, 0) is 19.1 Å². The number of aryl methyl sites for hydroxylation is 1. The largest absolute Gasteiger partial charge is 0.391 e. The zero-order valence-corrected chi connectivity index (χ0v) is 14.0. The first-order valence-electron chi connectivity index (χ1n) is 8.10. The number of carbonyl (C=O) groups is 1. The lowest BCUT2D eigenvalue weighted by Gasteiger charge is -2.33. The number of morpholine rings is 1. The van der Waals surface area contributed by atoms with Gasteiger partial charge in [-0.1, -0.05) is 17.7 Å². The Hall–Kier alpha value is -2.55. The molecule has 1 fully saturated rings. The number of nitrogens with zero attached hydrogens (tertiary/aromatic N) is 2. The second kappa shape index (κ2) is 6.99. The molecule has 1 aliphatic heterocycles. The van der Waals surface area contributed by atoms with Gasteiger partial charge in [0.1, 0.15) is 5.69 Å². The Morgan fingerprint density at radius 1 is 1.31 bits per heavy atom. The third-order valence-corrected chi connectivity index (χ3v) is 4.13. The monoisotopic (exact) mass is 369 g/mol. The Labute approximate surface area is 147 Å². The number of aromatic nitrogens is 2. The van der Waals surface area contributed by atoms with Crippen molar-refractivity contribution in [1.29, 1.82) is 0 Å². The van der Waals surface area contributed by atoms with Crippen molar-refractivity contribution in [2.24, 2.45) is 0 Å². The molecule has 3 rings (SSSR count). The molecular formula is C17H18F3N3O3. The van der Waals surface area contributed by atoms with Gasteiger partial charge in [-0.3, -0.25) is 14.7 Å². The first-order chi connectivity index (χ1) is 12.2. The molecule has 2 aromatic rings. The van der Waals surface area contributed by atoms with Crippen LogP contribution in [0.3, 0.4) is 0 Å². The Balaban J connectivity index is 1.77. The third kappa shape index (κ3) is 4.16. The van der Waals surface area contributed by atoms with Gasteiger partial charge in [0.05, 0.1) is 24.8 Å². The maximum atomic E-state index is 12.6. The molecule has 0 spiro atoms. The number of aromatic amines is 1. The normalized spacial score (nSPS) is 18.2. The molecule has 1 aromatic carbocycles. The highest BCUT2D eigenvalue weighted by Crippen LogP contribution is 2.25. The number of carbonyl (C=O) groups excluding carboxylic acids is 1. The van der Waals surface area contributed by atoms with Crippen LogP contribution < -0.4 is 5.56 Å². The standard InChI is InChI=1S/C17H18F3N3O3/c1-11-2-4-12(5-3-11)23-15(24)8-14(21-23)16(25)22-6-7-26-13(10-22)9-17(18,19)20/h2-5,8,13,21H,6-7,9-10H2,1H3. The van der Waals surface area contributed by atoms with Crippen molar-refractivity contribution in [3.8, 4) is 5.69 Å². The molecule has 1 saturated heterocycles. The molecule has 2 heterocycles. The second-order valence-electron chi connectivity index (χ2n) is 6.24. The number of benzene rings is 1. The van der Waals surface area contributed by atoms with Gasteiger partial charge in [-0.2, -0.15) is 13.2 Å². The van der Waals surface area contributed by atoms with Crippen LogP contribution in [-0.2, 0) is 4.74 Å². The summed E-state index contributed by atoms with van der Waals surface area (Å²) in [6.07, 6.45) is -6.57. The Kier molecular flexibility index (Phi) is 4.90. The minimum Gasteiger partial charge on any atom is -0.374 e. The van der Waals surface area contributed by atoms with Gasteiger partial charge in [0.25, 0.3) is 11.5 Å². The van der Waals surface area contributed by atoms with Crippen molar-refractivity contribution >= 4 is 5.91 Å². The summed E-state index contributed by atoms with van der Waals surface area (Å²) in [5.41, 5.74) is 1.20. The molecule has 1 unspecified atom stereocenters. The van der Waals surface area contributed by atoms with E-state index >= 15 is 0 Å². The molecule has 0 radical (unpaired) electrons. The molecular weight excluding hydrogens is 351 g/mol. The Morgan fingerprint density at radius 2 is 2.00 bits per heavy atom. The summed E-state index contributed by atoms with van der Waals surface area (Å²) in [6, 6.07) is 8.27. The topological polar surface area (TPSA) is 67.3 Å². The van der Waals surface area contributed by atoms with Crippen LogP contribution in [0.15, 0.2) is 35.1 Å². The van der Waals surface area contributed by atoms with Crippen LogP contribution in [0.25, 0.3) is 5.69 Å². The number of nitrogens with one attached hydrogen (secondary N) is 1. The van der Waals surface area contributed by atoms with Crippen LogP contribution in [0.1, 0.15) is 22.5 Å². The summed E-state index contributed by atoms with van der Waals surface area (Å²) in [6.45, 7) is 1.93. The fourth-order valence-electron chi connectivity index (χ4n) is 2.85. The van der Waals surface area contributed by atoms with Gasteiger partial charge < -0.3 is 9.64 Å². The maximum Gasteiger partial charge on any atom is 0.391 e. The fraction of sp³-hybridized carbons (Fsp3) is 0.412. The van der Waals surface area contributed by atoms with Crippen LogP contribution in [0.4, 0.5) is 13.2 Å². The lowest BCUT2D eigenvalue weighted by Crippen LogP contribution is -2.47. The summed E-state index contributed by atoms with van der Waals surface area (Å²) in [5.74, 6) is -0.525. The summed E-state index contributed by atoms with van der Waals surface area (Å²) < 4.78 is 43.9. The average Bonchev–Trinajstić information content (AvgIpc) is 2.95. The van der Waals surface area contributed by atoms with Crippen molar-refractivity contribution in [3.05, 3.63) is 51.9 Å². The highest BCUT2D eigenvalue weighted by atomic mass is 19.4. The van der Waals surface area contributed by atoms with E-state index in [0.29, 0.717) is 5.69 Å². The van der Waals surface area contributed by atoms with E-state index < -0.39 is 30.2 Å². The molecule has 1 aliphatic rings. The molecule has 0 saturated carbocycles. The van der Waals surface area contributed by atoms with E-state index in [1.165, 1.54) is 9.58 Å². The quantitative estimate of drug-likeness (QED) is 0.903. The van der Waals surface area contributed by atoms with Crippen molar-refractivity contribution in [2.75, 3.05) is 19.7 Å². The van der Waals surface area contributed by atoms with E-state index in [-0.39, 0.29) is 25.4 Å². The number of ether oxygens (including phenoxy) is 1. The number of rotatable bonds is 3. The van der Waals surface area contributed by atoms with E-state index in [2.05, 4.69) is 5.10 Å². The smallest absolute Gasteiger partial charge is 0.374 e. The van der Waals surface area contributed by atoms with Gasteiger partial charge >= 0.3 is 6.18 Å². The van der Waals surface area contributed by atoms with Gasteiger partial charge in [0, 0.05) is 19.2 Å². The first-order valence-corrected chi connectivity index (χ1v) is 8.10. The van der Waals surface area contributed by atoms with E-state index in [9.17, 15) is 22.8 Å². The molecule has 1 atom stereocenters. The molecule has 6 nitrogen and oxygen atoms in total. The van der Waals surface area contributed by atoms with E-state index in [1.54, 1.807) is 12.1 Å². The van der Waals surface area contributed by atoms with Gasteiger partial charge in [0.2, 0.25) is 0 Å². The van der Waals surface area contributed by atoms with Crippen molar-refractivity contribution < 1.29 is 22.7 Å². The number of H-pyrrole nitrogens is 1. The Bertz CT molecular complexity index is 839. The average molecular weight is 369 g/mol. The summed E-state index contributed by atoms with van der Waals surface area (Å²) in [4.78, 5) is 26.0. The molecule has 26 heavy (non-hydrogen) atoms. The zero-order valence-electron chi connectivity index (χ0n) is 14.0. The zero-order chi connectivity index (χ0) is 18.9. The lowest BCUT2D eigenvalue weighted by molar-refractivity contribution is -0.168. The third-order valence-electron chi connectivity index (χ3n) is 4.13. The van der Waals surface area contributed by atoms with Gasteiger partial charge in [-0.15, -0.1) is 0 Å². The second-order valence-corrected chi connectivity index (χ2v) is 6.24. The minimum atomic E-state index is -4.36. The van der Waals surface area contributed by atoms with E-state index in [4.69, 9.17) is 4.74 Å². The van der Waals surface area contributed by atoms with E-state index in [1.807, 2.05) is 19.1 Å². The molecule has 1 aromatic heterocycles. The number of hydrogen-bond donors (Lipinski definition) is 1. The highest BCUT2D eigenvalue weighted by Gasteiger charge is 2.36. The Morgan fingerprint density at radius 3 is 2.65 bits per heavy atom. The summed E-state index contributed by atoms with van der Waals surface area (Å²) >= 11 is 0. The van der Waals surface area contributed by atoms with Crippen LogP contribution >= 0.6 is 0 Å². The molecule has 1 N–H and O–H groups in total. The molecule has 9 heteroatoms. The molecule has 0 aliphatic carbocycles.